The number of sulfonamides is 1. The van der Waals surface area contributed by atoms with Gasteiger partial charge in [-0.15, -0.1) is 0 Å². The molecule has 0 aromatic heterocycles. The molecule has 0 bridgehead atoms. The minimum atomic E-state index is -3.84. The molecule has 1 aliphatic carbocycles. The molecule has 1 saturated carbocycles. The van der Waals surface area contributed by atoms with E-state index < -0.39 is 15.8 Å². The molecule has 1 N–H and O–H groups in total. The van der Waals surface area contributed by atoms with E-state index in [0.29, 0.717) is 12.2 Å². The summed E-state index contributed by atoms with van der Waals surface area (Å²) in [6.45, 7) is 2.18. The van der Waals surface area contributed by atoms with Crippen molar-refractivity contribution in [3.63, 3.8) is 0 Å². The normalized spacial score (nSPS) is 16.7. The molecule has 2 aromatic carbocycles. The summed E-state index contributed by atoms with van der Waals surface area (Å²) < 4.78 is 41.3. The zero-order valence-electron chi connectivity index (χ0n) is 15.0. The molecule has 7 heteroatoms. The van der Waals surface area contributed by atoms with Gasteiger partial charge in [0.2, 0.25) is 5.91 Å². The van der Waals surface area contributed by atoms with Crippen LogP contribution in [0.15, 0.2) is 41.3 Å². The Hall–Kier alpha value is -2.41. The van der Waals surface area contributed by atoms with Crippen LogP contribution in [0.25, 0.3) is 0 Å². The first-order chi connectivity index (χ1) is 12.8. The Bertz CT molecular complexity index is 1020. The fourth-order valence-corrected chi connectivity index (χ4v) is 4.55. The van der Waals surface area contributed by atoms with Crippen LogP contribution in [0.1, 0.15) is 30.4 Å². The van der Waals surface area contributed by atoms with Crippen molar-refractivity contribution in [2.24, 2.45) is 5.92 Å². The summed E-state index contributed by atoms with van der Waals surface area (Å²) in [5, 5.41) is 0. The van der Waals surface area contributed by atoms with Crippen molar-refractivity contribution in [3.05, 3.63) is 53.3 Å². The van der Waals surface area contributed by atoms with E-state index in [4.69, 9.17) is 0 Å². The first-order valence-electron chi connectivity index (χ1n) is 9.08. The Morgan fingerprint density at radius 3 is 2.67 bits per heavy atom. The maximum atomic E-state index is 13.4. The van der Waals surface area contributed by atoms with Crippen LogP contribution in [0.2, 0.25) is 0 Å². The lowest BCUT2D eigenvalue weighted by atomic mass is 10.0. The summed E-state index contributed by atoms with van der Waals surface area (Å²) in [5.41, 5.74) is 2.50. The van der Waals surface area contributed by atoms with E-state index in [1.807, 2.05) is 6.07 Å². The number of amides is 1. The number of hydrogen-bond donors (Lipinski definition) is 1. The van der Waals surface area contributed by atoms with E-state index in [1.54, 1.807) is 17.0 Å². The average Bonchev–Trinajstić information content (AvgIpc) is 3.47. The predicted octanol–water partition coefficient (Wildman–Crippen LogP) is 3.62. The monoisotopic (exact) mass is 388 g/mol. The third-order valence-electron chi connectivity index (χ3n) is 5.09. The summed E-state index contributed by atoms with van der Waals surface area (Å²) in [7, 11) is -3.84. The van der Waals surface area contributed by atoms with Crippen LogP contribution in [-0.2, 0) is 21.2 Å². The standard InChI is InChI=1S/C20H21FN2O3S/c1-13-11-17(8-9-18(13)21)27(25,26)22-16-7-6-14-3-2-10-23(19(14)12-16)20(24)15-4-5-15/h6-9,11-12,15,22H,2-5,10H2,1H3. The second-order valence-electron chi connectivity index (χ2n) is 7.23. The number of hydrogen-bond acceptors (Lipinski definition) is 3. The number of nitrogens with one attached hydrogen (secondary N) is 1. The van der Waals surface area contributed by atoms with Gasteiger partial charge in [0.05, 0.1) is 10.6 Å². The molecule has 1 fully saturated rings. The number of benzene rings is 2. The van der Waals surface area contributed by atoms with E-state index in [-0.39, 0.29) is 22.3 Å². The Morgan fingerprint density at radius 1 is 1.19 bits per heavy atom. The van der Waals surface area contributed by atoms with Crippen LogP contribution < -0.4 is 9.62 Å². The molecule has 0 atom stereocenters. The number of carbonyl (C=O) groups excluding carboxylic acids is 1. The van der Waals surface area contributed by atoms with Gasteiger partial charge in [0, 0.05) is 18.2 Å². The van der Waals surface area contributed by atoms with Crippen molar-refractivity contribution in [2.75, 3.05) is 16.2 Å². The number of aryl methyl sites for hydroxylation is 2. The minimum absolute atomic E-state index is 0.00466. The van der Waals surface area contributed by atoms with Crippen molar-refractivity contribution >= 4 is 27.3 Å². The highest BCUT2D eigenvalue weighted by atomic mass is 32.2. The minimum Gasteiger partial charge on any atom is -0.312 e. The average molecular weight is 388 g/mol. The summed E-state index contributed by atoms with van der Waals surface area (Å²) in [6, 6.07) is 8.99. The number of rotatable bonds is 4. The molecular weight excluding hydrogens is 367 g/mol. The number of carbonyl (C=O) groups is 1. The molecule has 1 heterocycles. The lowest BCUT2D eigenvalue weighted by Crippen LogP contribution is -2.36. The van der Waals surface area contributed by atoms with E-state index in [9.17, 15) is 17.6 Å². The van der Waals surface area contributed by atoms with Crippen LogP contribution in [-0.4, -0.2) is 20.9 Å². The van der Waals surface area contributed by atoms with Gasteiger partial charge in [0.25, 0.3) is 10.0 Å². The summed E-state index contributed by atoms with van der Waals surface area (Å²) in [4.78, 5) is 14.4. The van der Waals surface area contributed by atoms with Gasteiger partial charge in [0.1, 0.15) is 5.82 Å². The number of halogens is 1. The van der Waals surface area contributed by atoms with Crippen molar-refractivity contribution in [1.29, 1.82) is 0 Å². The summed E-state index contributed by atoms with van der Waals surface area (Å²) in [6.07, 6.45) is 3.64. The van der Waals surface area contributed by atoms with Crippen LogP contribution in [0.4, 0.5) is 15.8 Å². The number of nitrogens with zero attached hydrogens (tertiary/aromatic N) is 1. The molecule has 1 aliphatic heterocycles. The second kappa shape index (κ2) is 6.64. The highest BCUT2D eigenvalue weighted by Gasteiger charge is 2.35. The Labute approximate surface area is 158 Å². The van der Waals surface area contributed by atoms with Gasteiger partial charge in [0.15, 0.2) is 0 Å². The predicted molar refractivity (Wildman–Crippen MR) is 102 cm³/mol. The molecular formula is C20H21FN2O3S. The van der Waals surface area contributed by atoms with Crippen molar-refractivity contribution < 1.29 is 17.6 Å². The Morgan fingerprint density at radius 2 is 1.96 bits per heavy atom. The second-order valence-corrected chi connectivity index (χ2v) is 8.91. The fourth-order valence-electron chi connectivity index (χ4n) is 3.42. The van der Waals surface area contributed by atoms with Gasteiger partial charge < -0.3 is 4.90 Å². The van der Waals surface area contributed by atoms with E-state index in [2.05, 4.69) is 4.72 Å². The maximum absolute atomic E-state index is 13.4. The van der Waals surface area contributed by atoms with E-state index in [0.717, 1.165) is 43.0 Å². The molecule has 0 radical (unpaired) electrons. The Balaban J connectivity index is 1.64. The smallest absolute Gasteiger partial charge is 0.261 e. The van der Waals surface area contributed by atoms with Crippen LogP contribution in [0.3, 0.4) is 0 Å². The lowest BCUT2D eigenvalue weighted by Gasteiger charge is -2.30. The molecule has 2 aliphatic rings. The molecule has 1 amide bonds. The van der Waals surface area contributed by atoms with Crippen molar-refractivity contribution in [3.8, 4) is 0 Å². The molecule has 27 heavy (non-hydrogen) atoms. The molecule has 5 nitrogen and oxygen atoms in total. The summed E-state index contributed by atoms with van der Waals surface area (Å²) in [5.74, 6) is -0.208. The quantitative estimate of drug-likeness (QED) is 0.870. The topological polar surface area (TPSA) is 66.5 Å². The van der Waals surface area contributed by atoms with Crippen LogP contribution in [0.5, 0.6) is 0 Å². The highest BCUT2D eigenvalue weighted by Crippen LogP contribution is 2.37. The van der Waals surface area contributed by atoms with Gasteiger partial charge in [-0.3, -0.25) is 9.52 Å². The molecule has 0 spiro atoms. The fraction of sp³-hybridized carbons (Fsp3) is 0.350. The first kappa shape index (κ1) is 18.0. The van der Waals surface area contributed by atoms with Gasteiger partial charge in [-0.25, -0.2) is 12.8 Å². The molecule has 0 saturated heterocycles. The van der Waals surface area contributed by atoms with Gasteiger partial charge >= 0.3 is 0 Å². The molecule has 142 valence electrons. The first-order valence-corrected chi connectivity index (χ1v) is 10.6. The highest BCUT2D eigenvalue weighted by molar-refractivity contribution is 7.92. The zero-order chi connectivity index (χ0) is 19.2. The zero-order valence-corrected chi connectivity index (χ0v) is 15.9. The summed E-state index contributed by atoms with van der Waals surface area (Å²) >= 11 is 0. The third kappa shape index (κ3) is 3.56. The van der Waals surface area contributed by atoms with E-state index >= 15 is 0 Å². The van der Waals surface area contributed by atoms with Gasteiger partial charge in [-0.05, 0) is 74.1 Å². The lowest BCUT2D eigenvalue weighted by molar-refractivity contribution is -0.119. The number of anilines is 2. The molecule has 0 unspecified atom stereocenters. The van der Waals surface area contributed by atoms with Gasteiger partial charge in [-0.2, -0.15) is 0 Å². The van der Waals surface area contributed by atoms with Crippen LogP contribution >= 0.6 is 0 Å². The van der Waals surface area contributed by atoms with Gasteiger partial charge in [-0.1, -0.05) is 6.07 Å². The van der Waals surface area contributed by atoms with Crippen molar-refractivity contribution in [2.45, 2.75) is 37.5 Å². The van der Waals surface area contributed by atoms with Crippen molar-refractivity contribution in [1.82, 2.24) is 0 Å². The molecule has 2 aromatic rings. The Kier molecular flexibility index (Phi) is 4.42. The largest absolute Gasteiger partial charge is 0.312 e. The maximum Gasteiger partial charge on any atom is 0.261 e. The van der Waals surface area contributed by atoms with E-state index in [1.165, 1.54) is 19.1 Å². The van der Waals surface area contributed by atoms with Crippen LogP contribution in [0, 0.1) is 18.7 Å². The number of fused-ring (bicyclic) bond motifs is 1. The SMILES string of the molecule is Cc1cc(S(=O)(=O)Nc2ccc3c(c2)N(C(=O)C2CC2)CCC3)ccc1F. The third-order valence-corrected chi connectivity index (χ3v) is 6.47. The molecule has 4 rings (SSSR count).